The van der Waals surface area contributed by atoms with Gasteiger partial charge in [0, 0.05) is 25.0 Å². The van der Waals surface area contributed by atoms with Crippen LogP contribution in [0.5, 0.6) is 0 Å². The van der Waals surface area contributed by atoms with Crippen molar-refractivity contribution < 1.29 is 53.1 Å². The second-order valence-electron chi connectivity index (χ2n) is 16.4. The molecule has 0 heterocycles. The van der Waals surface area contributed by atoms with Gasteiger partial charge in [-0.1, -0.05) is 109 Å². The Balaban J connectivity index is 0.00000304. The molecule has 0 aromatic heterocycles. The average Bonchev–Trinajstić information content (AvgIpc) is 3.28. The number of carbonyl (C=O) groups is 10. The average molecular weight is 951 g/mol. The third-order valence-corrected chi connectivity index (χ3v) is 10.1. The third-order valence-electron chi connectivity index (χ3n) is 10.1. The van der Waals surface area contributed by atoms with E-state index in [1.54, 1.807) is 74.5 Å². The lowest BCUT2D eigenvalue weighted by Crippen LogP contribution is -2.59. The number of nitrogens with two attached hydrogens (primary N) is 2. The van der Waals surface area contributed by atoms with Gasteiger partial charge in [-0.15, -0.1) is 0 Å². The predicted molar refractivity (Wildman–Crippen MR) is 254 cm³/mol. The highest BCUT2D eigenvalue weighted by molar-refractivity contribution is 6.01. The molecule has 21 nitrogen and oxygen atoms in total. The zero-order chi connectivity index (χ0) is 51.3. The fourth-order valence-corrected chi connectivity index (χ4v) is 6.34. The third kappa shape index (κ3) is 24.4. The van der Waals surface area contributed by atoms with Crippen LogP contribution in [0.1, 0.15) is 72.4 Å². The number of rotatable bonds is 28. The van der Waals surface area contributed by atoms with Crippen molar-refractivity contribution in [2.45, 2.75) is 104 Å². The minimum Gasteiger partial charge on any atom is -0.480 e. The number of benzene rings is 2. The zero-order valence-corrected chi connectivity index (χ0v) is 40.0. The number of nitrogens with one attached hydrogen (secondary N) is 7. The Morgan fingerprint density at radius 3 is 1.50 bits per heavy atom. The van der Waals surface area contributed by atoms with Crippen molar-refractivity contribution in [3.05, 3.63) is 83.9 Å². The van der Waals surface area contributed by atoms with Crippen LogP contribution in [-0.4, -0.2) is 132 Å². The maximum Gasteiger partial charge on any atom is 0.326 e. The topological polar surface area (TPSA) is 330 Å². The number of carboxylic acids is 1. The van der Waals surface area contributed by atoms with Gasteiger partial charge in [0.05, 0.1) is 19.5 Å². The van der Waals surface area contributed by atoms with Gasteiger partial charge in [0.1, 0.15) is 30.2 Å². The highest BCUT2D eigenvalue weighted by Crippen LogP contribution is 2.11. The highest BCUT2D eigenvalue weighted by Gasteiger charge is 2.32. The summed E-state index contributed by atoms with van der Waals surface area (Å²) < 4.78 is 0. The normalized spacial score (nSPS) is 13.1. The van der Waals surface area contributed by atoms with E-state index in [0.717, 1.165) is 6.08 Å². The molecule has 0 bridgehead atoms. The number of amides is 9. The molecule has 0 saturated carbocycles. The monoisotopic (exact) mass is 951 g/mol. The first-order chi connectivity index (χ1) is 32.1. The van der Waals surface area contributed by atoms with E-state index in [2.05, 4.69) is 62.9 Å². The zero-order valence-electron chi connectivity index (χ0n) is 40.0. The molecule has 12 N–H and O–H groups in total. The molecule has 2 rings (SSSR count). The summed E-state index contributed by atoms with van der Waals surface area (Å²) in [7, 11) is 0. The number of carboxylic acid groups (broad SMARTS) is 1. The summed E-state index contributed by atoms with van der Waals surface area (Å²) >= 11 is 0. The van der Waals surface area contributed by atoms with E-state index in [9.17, 15) is 53.1 Å². The molecule has 9 amide bonds. The molecule has 68 heavy (non-hydrogen) atoms. The van der Waals surface area contributed by atoms with Gasteiger partial charge < -0.3 is 58.7 Å². The van der Waals surface area contributed by atoms with E-state index in [1.807, 2.05) is 13.8 Å². The minimum atomic E-state index is -1.63. The summed E-state index contributed by atoms with van der Waals surface area (Å²) in [5, 5.41) is 26.2. The van der Waals surface area contributed by atoms with E-state index in [1.165, 1.54) is 19.6 Å². The van der Waals surface area contributed by atoms with Gasteiger partial charge in [-0.3, -0.25) is 43.2 Å². The van der Waals surface area contributed by atoms with E-state index < -0.39 is 109 Å². The van der Waals surface area contributed by atoms with Crippen LogP contribution in [0, 0.1) is 11.8 Å². The van der Waals surface area contributed by atoms with Gasteiger partial charge in [-0.2, -0.15) is 0 Å². The van der Waals surface area contributed by atoms with Crippen molar-refractivity contribution >= 4 is 59.1 Å². The molecule has 0 radical (unpaired) electrons. The number of carbonyl (C=O) groups excluding carboxylic acids is 9. The maximum atomic E-state index is 13.8. The second-order valence-corrected chi connectivity index (χ2v) is 16.4. The first kappa shape index (κ1) is 58.9. The second kappa shape index (κ2) is 31.7. The number of nitrogens with zero attached hydrogens (tertiary/aromatic N) is 1. The van der Waals surface area contributed by atoms with Crippen LogP contribution >= 0.6 is 0 Å². The SMILES string of the molecule is CC(C)C[C@H](NC(=O)[C@H](Cc1ccccc1)NC(=O)[C@H](CC(N)=O)NC(=O)/C=C/C(=O)NCC(=O)NCC(=O)N[C@@H](Cc1ccccc1)C(=O)O)C(=O)N[C@H](C(N)=O)C(C)C.CCN(CC)CC. The molecule has 0 aliphatic rings. The molecule has 5 atom stereocenters. The molecule has 21 heteroatoms. The van der Waals surface area contributed by atoms with Crippen molar-refractivity contribution in [1.29, 1.82) is 0 Å². The van der Waals surface area contributed by atoms with Crippen LogP contribution in [0.25, 0.3) is 0 Å². The molecule has 2 aromatic carbocycles. The molecular formula is C47H70N10O11. The van der Waals surface area contributed by atoms with Crippen LogP contribution in [0.15, 0.2) is 72.8 Å². The summed E-state index contributed by atoms with van der Waals surface area (Å²) in [5.74, 6) is -9.54. The first-order valence-electron chi connectivity index (χ1n) is 22.4. The Kier molecular flexibility index (Phi) is 27.4. The van der Waals surface area contributed by atoms with E-state index in [-0.39, 0.29) is 31.1 Å². The molecule has 0 aliphatic carbocycles. The smallest absolute Gasteiger partial charge is 0.326 e. The number of aliphatic carboxylic acids is 1. The van der Waals surface area contributed by atoms with Gasteiger partial charge >= 0.3 is 5.97 Å². The molecule has 0 unspecified atom stereocenters. The summed E-state index contributed by atoms with van der Waals surface area (Å²) in [6, 6.07) is 10.7. The van der Waals surface area contributed by atoms with Gasteiger partial charge in [0.15, 0.2) is 0 Å². The van der Waals surface area contributed by atoms with E-state index in [4.69, 9.17) is 11.5 Å². The summed E-state index contributed by atoms with van der Waals surface area (Å²) in [6.45, 7) is 15.9. The Labute approximate surface area is 397 Å². The number of primary amides is 2. The van der Waals surface area contributed by atoms with Crippen molar-refractivity contribution in [2.24, 2.45) is 23.3 Å². The Hall–Kier alpha value is -7.16. The number of hydrogen-bond acceptors (Lipinski definition) is 11. The molecule has 0 spiro atoms. The lowest BCUT2D eigenvalue weighted by atomic mass is 9.99. The largest absolute Gasteiger partial charge is 0.480 e. The molecule has 0 aliphatic heterocycles. The van der Waals surface area contributed by atoms with Crippen LogP contribution in [0.4, 0.5) is 0 Å². The Morgan fingerprint density at radius 2 is 1.04 bits per heavy atom. The minimum absolute atomic E-state index is 0.00674. The Morgan fingerprint density at radius 1 is 0.574 bits per heavy atom. The van der Waals surface area contributed by atoms with Crippen molar-refractivity contribution in [3.63, 3.8) is 0 Å². The fourth-order valence-electron chi connectivity index (χ4n) is 6.34. The standard InChI is InChI=1S/C41H55N9O11.C6H15N/c1-23(2)17-27(40(59)50-36(24(3)4)37(43)56)48-38(57)28(18-25-11-7-5-8-12-25)49-39(58)29(20-31(42)51)46-33(53)16-15-32(52)44-21-34(54)45-22-35(55)47-30(41(60)61)19-26-13-9-6-10-14-26;1-4-7(5-2)6-3/h5-16,23-24,27-30,36H,17-22H2,1-4H3,(H2,42,51)(H2,43,56)(H,44,52)(H,45,54)(H,46,53)(H,47,55)(H,48,57)(H,49,58)(H,50,59)(H,60,61);4-6H2,1-3H3/b16-15+;/t27-,28-,29-,30-,36-;/m0./s1. The van der Waals surface area contributed by atoms with E-state index in [0.29, 0.717) is 17.2 Å². The maximum absolute atomic E-state index is 13.8. The van der Waals surface area contributed by atoms with Crippen LogP contribution in [0.2, 0.25) is 0 Å². The highest BCUT2D eigenvalue weighted by atomic mass is 16.4. The summed E-state index contributed by atoms with van der Waals surface area (Å²) in [4.78, 5) is 128. The van der Waals surface area contributed by atoms with Crippen LogP contribution in [0.3, 0.4) is 0 Å². The van der Waals surface area contributed by atoms with Crippen LogP contribution < -0.4 is 48.7 Å². The van der Waals surface area contributed by atoms with Crippen molar-refractivity contribution in [3.8, 4) is 0 Å². The van der Waals surface area contributed by atoms with Crippen LogP contribution in [-0.2, 0) is 60.8 Å². The fraction of sp³-hybridized carbons (Fsp3) is 0.489. The lowest BCUT2D eigenvalue weighted by molar-refractivity contribution is -0.141. The van der Waals surface area contributed by atoms with Gasteiger partial charge in [0.2, 0.25) is 53.2 Å². The molecule has 0 fully saturated rings. The van der Waals surface area contributed by atoms with Crippen molar-refractivity contribution in [1.82, 2.24) is 42.1 Å². The van der Waals surface area contributed by atoms with E-state index >= 15 is 0 Å². The van der Waals surface area contributed by atoms with Gasteiger partial charge in [0.25, 0.3) is 0 Å². The summed E-state index contributed by atoms with van der Waals surface area (Å²) in [6.07, 6.45) is 0.792. The molecule has 374 valence electrons. The predicted octanol–water partition coefficient (Wildman–Crippen LogP) is -0.820. The Bertz CT molecular complexity index is 2010. The van der Waals surface area contributed by atoms with Crippen molar-refractivity contribution in [2.75, 3.05) is 32.7 Å². The van der Waals surface area contributed by atoms with Gasteiger partial charge in [-0.05, 0) is 49.0 Å². The summed E-state index contributed by atoms with van der Waals surface area (Å²) in [5.41, 5.74) is 12.1. The quantitative estimate of drug-likeness (QED) is 0.0468. The molecule has 0 saturated heterocycles. The molecule has 2 aromatic rings. The van der Waals surface area contributed by atoms with Gasteiger partial charge in [-0.25, -0.2) is 4.79 Å². The lowest BCUT2D eigenvalue weighted by Gasteiger charge is -2.27. The molecular weight excluding hydrogens is 881 g/mol. The number of hydrogen-bond donors (Lipinski definition) is 10. The first-order valence-corrected chi connectivity index (χ1v) is 22.4.